The molecule has 1 N–H and O–H groups in total. The van der Waals surface area contributed by atoms with Crippen LogP contribution in [-0.4, -0.2) is 68.7 Å². The van der Waals surface area contributed by atoms with Crippen LogP contribution >= 0.6 is 0 Å². The quantitative estimate of drug-likeness (QED) is 0.375. The molecule has 0 spiro atoms. The Kier molecular flexibility index (Phi) is 10.5. The zero-order valence-corrected chi connectivity index (χ0v) is 22.0. The fourth-order valence-electron chi connectivity index (χ4n) is 3.56. The molecule has 1 aliphatic heterocycles. The minimum atomic E-state index is -3.68. The smallest absolute Gasteiger partial charge is 0.407 e. The highest BCUT2D eigenvalue weighted by atomic mass is 32.2. The van der Waals surface area contributed by atoms with Gasteiger partial charge in [-0.15, -0.1) is 0 Å². The van der Waals surface area contributed by atoms with Crippen LogP contribution in [-0.2, 0) is 24.3 Å². The molecule has 35 heavy (non-hydrogen) atoms. The van der Waals surface area contributed by atoms with Crippen LogP contribution in [0.5, 0.6) is 5.88 Å². The zero-order valence-electron chi connectivity index (χ0n) is 21.2. The van der Waals surface area contributed by atoms with Crippen molar-refractivity contribution in [3.8, 4) is 5.88 Å². The highest BCUT2D eigenvalue weighted by Crippen LogP contribution is 2.26. The van der Waals surface area contributed by atoms with E-state index in [1.165, 1.54) is 29.7 Å². The summed E-state index contributed by atoms with van der Waals surface area (Å²) in [6, 6.07) is 2.99. The van der Waals surface area contributed by atoms with Crippen LogP contribution in [0.25, 0.3) is 0 Å². The number of carbonyl (C=O) groups excluding carboxylic acids is 2. The van der Waals surface area contributed by atoms with Crippen molar-refractivity contribution in [2.75, 3.05) is 33.4 Å². The summed E-state index contributed by atoms with van der Waals surface area (Å²) in [6.45, 7) is 8.50. The monoisotopic (exact) mass is 511 g/mol. The lowest BCUT2D eigenvalue weighted by Crippen LogP contribution is -2.39. The highest BCUT2D eigenvalue weighted by Gasteiger charge is 2.30. The zero-order chi connectivity index (χ0) is 26.1. The normalized spacial score (nSPS) is 16.0. The van der Waals surface area contributed by atoms with Crippen molar-refractivity contribution in [3.05, 3.63) is 30.0 Å². The van der Waals surface area contributed by atoms with Gasteiger partial charge in [0.25, 0.3) is 0 Å². The van der Waals surface area contributed by atoms with Crippen LogP contribution in [0.4, 0.5) is 4.79 Å². The number of nitrogens with zero attached hydrogens (tertiary/aromatic N) is 2. The van der Waals surface area contributed by atoms with Crippen molar-refractivity contribution in [2.45, 2.75) is 63.9 Å². The number of amides is 1. The van der Waals surface area contributed by atoms with Gasteiger partial charge in [-0.25, -0.2) is 18.2 Å². The molecule has 1 aromatic rings. The minimum Gasteiger partial charge on any atom is -0.473 e. The Balaban J connectivity index is 1.90. The summed E-state index contributed by atoms with van der Waals surface area (Å²) in [5, 5.41) is 2.70. The predicted octanol–water partition coefficient (Wildman–Crippen LogP) is 3.29. The van der Waals surface area contributed by atoms with Gasteiger partial charge in [-0.3, -0.25) is 4.79 Å². The van der Waals surface area contributed by atoms with Crippen LogP contribution in [0, 0.1) is 5.92 Å². The number of rotatable bonds is 10. The van der Waals surface area contributed by atoms with Gasteiger partial charge in [-0.1, -0.05) is 13.0 Å². The minimum absolute atomic E-state index is 0.0900. The van der Waals surface area contributed by atoms with E-state index in [0.717, 1.165) is 12.0 Å². The molecule has 2 heterocycles. The van der Waals surface area contributed by atoms with E-state index in [2.05, 4.69) is 10.3 Å². The van der Waals surface area contributed by atoms with Gasteiger partial charge < -0.3 is 19.5 Å². The molecule has 1 aromatic heterocycles. The number of piperidine rings is 1. The highest BCUT2D eigenvalue weighted by molar-refractivity contribution is 7.89. The first-order valence-corrected chi connectivity index (χ1v) is 13.2. The number of hydrogen-bond acceptors (Lipinski definition) is 8. The third-order valence-electron chi connectivity index (χ3n) is 5.36. The van der Waals surface area contributed by atoms with E-state index in [1.54, 1.807) is 20.8 Å². The van der Waals surface area contributed by atoms with E-state index < -0.39 is 21.7 Å². The summed E-state index contributed by atoms with van der Waals surface area (Å²) in [5.74, 6) is 0.127. The van der Waals surface area contributed by atoms with Gasteiger partial charge in [0.05, 0.1) is 13.3 Å². The third kappa shape index (κ3) is 9.48. The average Bonchev–Trinajstić information content (AvgIpc) is 2.80. The van der Waals surface area contributed by atoms with Crippen LogP contribution in [0.1, 0.15) is 53.4 Å². The van der Waals surface area contributed by atoms with Gasteiger partial charge >= 0.3 is 12.1 Å². The molecule has 2 rings (SSSR count). The van der Waals surface area contributed by atoms with Gasteiger partial charge in [0.2, 0.25) is 15.9 Å². The predicted molar refractivity (Wildman–Crippen MR) is 130 cm³/mol. The first kappa shape index (κ1) is 28.6. The van der Waals surface area contributed by atoms with Crippen molar-refractivity contribution >= 4 is 22.1 Å². The summed E-state index contributed by atoms with van der Waals surface area (Å²) in [4.78, 5) is 27.6. The number of methoxy groups -OCH3 is 1. The van der Waals surface area contributed by atoms with Crippen molar-refractivity contribution < 1.29 is 32.2 Å². The number of allylic oxidation sites excluding steroid dienone is 1. The molecular formula is C24H37N3O7S. The Labute approximate surface area is 208 Å². The summed E-state index contributed by atoms with van der Waals surface area (Å²) in [7, 11) is -2.33. The van der Waals surface area contributed by atoms with Crippen molar-refractivity contribution in [1.82, 2.24) is 14.6 Å². The molecule has 1 amide bonds. The van der Waals surface area contributed by atoms with Gasteiger partial charge in [-0.2, -0.15) is 4.31 Å². The molecular weight excluding hydrogens is 474 g/mol. The van der Waals surface area contributed by atoms with Crippen LogP contribution in [0.15, 0.2) is 34.9 Å². The number of sulfonamides is 1. The van der Waals surface area contributed by atoms with Crippen LogP contribution in [0.3, 0.4) is 0 Å². The lowest BCUT2D eigenvalue weighted by molar-refractivity contribution is -0.142. The number of nitrogens with one attached hydrogen (secondary N) is 1. The fourth-order valence-corrected chi connectivity index (χ4v) is 4.98. The SMILES string of the molecule is CC/C=C(\CNC(=O)OC(C)(C)C)COc1ccc(S(=O)(=O)N2CCC(CC(=O)OC)CC2)cn1. The molecule has 0 bridgehead atoms. The van der Waals surface area contributed by atoms with Crippen molar-refractivity contribution in [1.29, 1.82) is 0 Å². The second-order valence-electron chi connectivity index (χ2n) is 9.37. The van der Waals surface area contributed by atoms with E-state index in [-0.39, 0.29) is 35.8 Å². The maximum absolute atomic E-state index is 13.0. The maximum Gasteiger partial charge on any atom is 0.407 e. The van der Waals surface area contributed by atoms with Crippen LogP contribution in [0.2, 0.25) is 0 Å². The standard InChI is InChI=1S/C24H37N3O7S/c1-6-7-19(15-26-23(29)34-24(2,3)4)17-33-21-9-8-20(16-25-21)35(30,31)27-12-10-18(11-13-27)14-22(28)32-5/h7-9,16,18H,6,10-15,17H2,1-5H3,(H,26,29)/b19-7+. The van der Waals surface area contributed by atoms with E-state index >= 15 is 0 Å². The largest absolute Gasteiger partial charge is 0.473 e. The molecule has 0 aromatic carbocycles. The number of esters is 1. The van der Waals surface area contributed by atoms with E-state index in [4.69, 9.17) is 14.2 Å². The van der Waals surface area contributed by atoms with Crippen LogP contribution < -0.4 is 10.1 Å². The Bertz CT molecular complexity index is 977. The molecule has 0 aliphatic carbocycles. The lowest BCUT2D eigenvalue weighted by atomic mass is 9.95. The van der Waals surface area contributed by atoms with E-state index in [9.17, 15) is 18.0 Å². The van der Waals surface area contributed by atoms with Gasteiger partial charge in [0.15, 0.2) is 0 Å². The molecule has 1 aliphatic rings. The molecule has 0 saturated carbocycles. The molecule has 1 saturated heterocycles. The summed E-state index contributed by atoms with van der Waals surface area (Å²) >= 11 is 0. The van der Waals surface area contributed by atoms with E-state index in [0.29, 0.717) is 32.4 Å². The Hall–Kier alpha value is -2.66. The first-order chi connectivity index (χ1) is 16.4. The number of aromatic nitrogens is 1. The Morgan fingerprint density at radius 3 is 2.46 bits per heavy atom. The van der Waals surface area contributed by atoms with Gasteiger partial charge in [-0.05, 0) is 57.6 Å². The van der Waals surface area contributed by atoms with E-state index in [1.807, 2.05) is 13.0 Å². The van der Waals surface area contributed by atoms with Crippen molar-refractivity contribution in [3.63, 3.8) is 0 Å². The average molecular weight is 512 g/mol. The number of carbonyl (C=O) groups is 2. The molecule has 0 radical (unpaired) electrons. The number of pyridine rings is 1. The number of hydrogen-bond donors (Lipinski definition) is 1. The molecule has 10 nitrogen and oxygen atoms in total. The second kappa shape index (κ2) is 12.9. The Morgan fingerprint density at radius 2 is 1.91 bits per heavy atom. The first-order valence-electron chi connectivity index (χ1n) is 11.7. The van der Waals surface area contributed by atoms with Gasteiger partial charge in [0, 0.05) is 32.1 Å². The van der Waals surface area contributed by atoms with Crippen molar-refractivity contribution in [2.24, 2.45) is 5.92 Å². The topological polar surface area (TPSA) is 124 Å². The fraction of sp³-hybridized carbons (Fsp3) is 0.625. The lowest BCUT2D eigenvalue weighted by Gasteiger charge is -2.30. The summed E-state index contributed by atoms with van der Waals surface area (Å²) in [6.07, 6.45) is 4.99. The summed E-state index contributed by atoms with van der Waals surface area (Å²) in [5.41, 5.74) is 0.256. The number of alkyl carbamates (subject to hydrolysis) is 1. The number of ether oxygens (including phenoxy) is 3. The Morgan fingerprint density at radius 1 is 1.23 bits per heavy atom. The molecule has 0 atom stereocenters. The maximum atomic E-state index is 13.0. The third-order valence-corrected chi connectivity index (χ3v) is 7.24. The molecule has 0 unspecified atom stereocenters. The van der Waals surface area contributed by atoms with Gasteiger partial charge in [0.1, 0.15) is 17.1 Å². The molecule has 11 heteroatoms. The molecule has 196 valence electrons. The summed E-state index contributed by atoms with van der Waals surface area (Å²) < 4.78 is 43.0. The molecule has 1 fully saturated rings. The second-order valence-corrected chi connectivity index (χ2v) is 11.3.